The predicted molar refractivity (Wildman–Crippen MR) is 93.8 cm³/mol. The Hall–Kier alpha value is -2.01. The van der Waals surface area contributed by atoms with Gasteiger partial charge in [-0.2, -0.15) is 0 Å². The predicted octanol–water partition coefficient (Wildman–Crippen LogP) is 4.29. The number of benzene rings is 2. The molecule has 1 unspecified atom stereocenters. The van der Waals surface area contributed by atoms with Gasteiger partial charge in [-0.1, -0.05) is 12.1 Å². The van der Waals surface area contributed by atoms with E-state index in [2.05, 4.69) is 0 Å². The highest BCUT2D eigenvalue weighted by Crippen LogP contribution is 2.34. The van der Waals surface area contributed by atoms with Crippen molar-refractivity contribution >= 4 is 17.7 Å². The number of methoxy groups -OCH3 is 1. The van der Waals surface area contributed by atoms with E-state index in [9.17, 15) is 9.18 Å². The lowest BCUT2D eigenvalue weighted by Gasteiger charge is -2.25. The van der Waals surface area contributed by atoms with Gasteiger partial charge in [0.25, 0.3) is 0 Å². The maximum Gasteiger partial charge on any atom is 0.233 e. The van der Waals surface area contributed by atoms with E-state index in [1.807, 2.05) is 29.2 Å². The van der Waals surface area contributed by atoms with Gasteiger partial charge >= 0.3 is 0 Å². The van der Waals surface area contributed by atoms with Crippen molar-refractivity contribution in [1.82, 2.24) is 4.90 Å². The van der Waals surface area contributed by atoms with Crippen molar-refractivity contribution in [2.24, 2.45) is 0 Å². The molecule has 0 aliphatic carbocycles. The number of rotatable bonds is 5. The van der Waals surface area contributed by atoms with E-state index in [-0.39, 0.29) is 17.8 Å². The van der Waals surface area contributed by atoms with Gasteiger partial charge in [0, 0.05) is 11.4 Å². The SMILES string of the molecule is COc1cccc(C2CCCN2C(=O)CSc2ccc(F)cc2)c1. The molecule has 0 spiro atoms. The maximum absolute atomic E-state index is 12.9. The van der Waals surface area contributed by atoms with Crippen LogP contribution in [0.25, 0.3) is 0 Å². The van der Waals surface area contributed by atoms with E-state index in [0.717, 1.165) is 35.6 Å². The number of hydrogen-bond acceptors (Lipinski definition) is 3. The summed E-state index contributed by atoms with van der Waals surface area (Å²) >= 11 is 1.45. The van der Waals surface area contributed by atoms with Crippen molar-refractivity contribution in [2.75, 3.05) is 19.4 Å². The summed E-state index contributed by atoms with van der Waals surface area (Å²) in [6.45, 7) is 0.782. The van der Waals surface area contributed by atoms with Gasteiger partial charge in [-0.15, -0.1) is 11.8 Å². The minimum absolute atomic E-state index is 0.112. The molecule has 1 atom stereocenters. The maximum atomic E-state index is 12.9. The Bertz CT molecular complexity index is 705. The summed E-state index contributed by atoms with van der Waals surface area (Å²) in [6, 6.07) is 14.3. The Balaban J connectivity index is 1.65. The number of amides is 1. The molecule has 3 rings (SSSR count). The van der Waals surface area contributed by atoms with Crippen LogP contribution in [0.15, 0.2) is 53.4 Å². The number of likely N-dealkylation sites (tertiary alicyclic amines) is 1. The van der Waals surface area contributed by atoms with Crippen molar-refractivity contribution in [2.45, 2.75) is 23.8 Å². The third-order valence-corrected chi connectivity index (χ3v) is 5.22. The largest absolute Gasteiger partial charge is 0.497 e. The third-order valence-electron chi connectivity index (χ3n) is 4.23. The molecule has 1 amide bonds. The molecule has 126 valence electrons. The molecule has 0 radical (unpaired) electrons. The standard InChI is InChI=1S/C19H20FNO2S/c1-23-16-5-2-4-14(12-16)18-6-3-11-21(18)19(22)13-24-17-9-7-15(20)8-10-17/h2,4-5,7-10,12,18H,3,6,11,13H2,1H3. The smallest absolute Gasteiger partial charge is 0.233 e. The van der Waals surface area contributed by atoms with Gasteiger partial charge < -0.3 is 9.64 Å². The van der Waals surface area contributed by atoms with E-state index in [1.54, 1.807) is 19.2 Å². The average Bonchev–Trinajstić information content (AvgIpc) is 3.11. The zero-order chi connectivity index (χ0) is 16.9. The van der Waals surface area contributed by atoms with Crippen LogP contribution < -0.4 is 4.74 Å². The second kappa shape index (κ2) is 7.71. The first-order valence-corrected chi connectivity index (χ1v) is 8.98. The second-order valence-electron chi connectivity index (χ2n) is 5.76. The number of carbonyl (C=O) groups is 1. The minimum atomic E-state index is -0.261. The first-order valence-electron chi connectivity index (χ1n) is 7.99. The van der Waals surface area contributed by atoms with Crippen LogP contribution >= 0.6 is 11.8 Å². The topological polar surface area (TPSA) is 29.5 Å². The highest BCUT2D eigenvalue weighted by atomic mass is 32.2. The van der Waals surface area contributed by atoms with Crippen molar-refractivity contribution < 1.29 is 13.9 Å². The summed E-state index contributed by atoms with van der Waals surface area (Å²) in [5.74, 6) is 1.04. The van der Waals surface area contributed by atoms with Gasteiger partial charge in [-0.05, 0) is 54.8 Å². The summed E-state index contributed by atoms with van der Waals surface area (Å²) in [7, 11) is 1.65. The zero-order valence-corrected chi connectivity index (χ0v) is 14.4. The zero-order valence-electron chi connectivity index (χ0n) is 13.6. The van der Waals surface area contributed by atoms with Crippen molar-refractivity contribution in [1.29, 1.82) is 0 Å². The number of carbonyl (C=O) groups excluding carboxylic acids is 1. The molecule has 5 heteroatoms. The lowest BCUT2D eigenvalue weighted by atomic mass is 10.0. The van der Waals surface area contributed by atoms with E-state index < -0.39 is 0 Å². The number of hydrogen-bond donors (Lipinski definition) is 0. The number of nitrogens with zero attached hydrogens (tertiary/aromatic N) is 1. The quantitative estimate of drug-likeness (QED) is 0.757. The monoisotopic (exact) mass is 345 g/mol. The van der Waals surface area contributed by atoms with Crippen LogP contribution in [0, 0.1) is 5.82 Å². The highest BCUT2D eigenvalue weighted by molar-refractivity contribution is 8.00. The van der Waals surface area contributed by atoms with E-state index in [4.69, 9.17) is 4.74 Å². The lowest BCUT2D eigenvalue weighted by Crippen LogP contribution is -2.31. The van der Waals surface area contributed by atoms with Crippen LogP contribution in [-0.4, -0.2) is 30.2 Å². The highest BCUT2D eigenvalue weighted by Gasteiger charge is 2.29. The second-order valence-corrected chi connectivity index (χ2v) is 6.81. The molecular weight excluding hydrogens is 325 g/mol. The Morgan fingerprint density at radius 3 is 2.83 bits per heavy atom. The fourth-order valence-electron chi connectivity index (χ4n) is 3.02. The van der Waals surface area contributed by atoms with E-state index >= 15 is 0 Å². The van der Waals surface area contributed by atoms with E-state index in [1.165, 1.54) is 23.9 Å². The molecule has 0 aromatic heterocycles. The summed E-state index contributed by atoms with van der Waals surface area (Å²) in [5.41, 5.74) is 1.12. The first kappa shape index (κ1) is 16.8. The van der Waals surface area contributed by atoms with Gasteiger partial charge in [0.1, 0.15) is 11.6 Å². The number of halogens is 1. The van der Waals surface area contributed by atoms with Gasteiger partial charge in [-0.25, -0.2) is 4.39 Å². The molecule has 1 heterocycles. The molecule has 0 N–H and O–H groups in total. The lowest BCUT2D eigenvalue weighted by molar-refractivity contribution is -0.129. The molecule has 1 aliphatic rings. The Labute approximate surface area is 145 Å². The fraction of sp³-hybridized carbons (Fsp3) is 0.316. The van der Waals surface area contributed by atoms with Crippen molar-refractivity contribution in [3.8, 4) is 5.75 Å². The van der Waals surface area contributed by atoms with Crippen LogP contribution in [-0.2, 0) is 4.79 Å². The van der Waals surface area contributed by atoms with Crippen molar-refractivity contribution in [3.05, 3.63) is 59.9 Å². The molecule has 2 aromatic rings. The van der Waals surface area contributed by atoms with Gasteiger partial charge in [-0.3, -0.25) is 4.79 Å². The van der Waals surface area contributed by atoms with Crippen LogP contribution in [0.1, 0.15) is 24.4 Å². The number of thioether (sulfide) groups is 1. The first-order chi connectivity index (χ1) is 11.7. The molecule has 1 saturated heterocycles. The molecule has 24 heavy (non-hydrogen) atoms. The molecule has 2 aromatic carbocycles. The molecular formula is C19H20FNO2S. The molecule has 0 bridgehead atoms. The van der Waals surface area contributed by atoms with Crippen LogP contribution in [0.4, 0.5) is 4.39 Å². The van der Waals surface area contributed by atoms with Crippen LogP contribution in [0.2, 0.25) is 0 Å². The average molecular weight is 345 g/mol. The minimum Gasteiger partial charge on any atom is -0.497 e. The fourth-order valence-corrected chi connectivity index (χ4v) is 3.80. The normalized spacial score (nSPS) is 17.1. The van der Waals surface area contributed by atoms with E-state index in [0.29, 0.717) is 5.75 Å². The Morgan fingerprint density at radius 1 is 1.29 bits per heavy atom. The van der Waals surface area contributed by atoms with Crippen LogP contribution in [0.5, 0.6) is 5.75 Å². The summed E-state index contributed by atoms with van der Waals surface area (Å²) in [5, 5.41) is 0. The van der Waals surface area contributed by atoms with Gasteiger partial charge in [0.15, 0.2) is 0 Å². The number of ether oxygens (including phenoxy) is 1. The molecule has 1 fully saturated rings. The van der Waals surface area contributed by atoms with Crippen LogP contribution in [0.3, 0.4) is 0 Å². The molecule has 0 saturated carbocycles. The Morgan fingerprint density at radius 2 is 2.08 bits per heavy atom. The summed E-state index contributed by atoms with van der Waals surface area (Å²) in [6.07, 6.45) is 1.98. The van der Waals surface area contributed by atoms with Gasteiger partial charge in [0.2, 0.25) is 5.91 Å². The van der Waals surface area contributed by atoms with Gasteiger partial charge in [0.05, 0.1) is 18.9 Å². The summed E-state index contributed by atoms with van der Waals surface area (Å²) < 4.78 is 18.2. The third kappa shape index (κ3) is 3.90. The summed E-state index contributed by atoms with van der Waals surface area (Å²) in [4.78, 5) is 15.5. The molecule has 3 nitrogen and oxygen atoms in total. The Kier molecular flexibility index (Phi) is 5.41. The van der Waals surface area contributed by atoms with Crippen molar-refractivity contribution in [3.63, 3.8) is 0 Å². The molecule has 1 aliphatic heterocycles.